The van der Waals surface area contributed by atoms with Gasteiger partial charge in [-0.15, -0.1) is 0 Å². The molecule has 56 valence electrons. The lowest BCUT2D eigenvalue weighted by Gasteiger charge is -2.06. The molecule has 0 spiro atoms. The van der Waals surface area contributed by atoms with Crippen LogP contribution in [0.3, 0.4) is 0 Å². The fraction of sp³-hybridized carbons (Fsp3) is 0.250. The van der Waals surface area contributed by atoms with Gasteiger partial charge in [0.1, 0.15) is 13.6 Å². The summed E-state index contributed by atoms with van der Waals surface area (Å²) in [6.45, 7) is 2.22. The summed E-state index contributed by atoms with van der Waals surface area (Å²) in [5, 5.41) is 9.28. The number of nitrogens with two attached hydrogens (primary N) is 1. The van der Waals surface area contributed by atoms with E-state index in [1.807, 2.05) is 6.92 Å². The number of phenols is 1. The lowest BCUT2D eigenvalue weighted by atomic mass is 9.91. The van der Waals surface area contributed by atoms with Crippen LogP contribution in [0.15, 0.2) is 12.1 Å². The molecule has 0 saturated carbocycles. The van der Waals surface area contributed by atoms with Gasteiger partial charge in [-0.3, -0.25) is 0 Å². The predicted molar refractivity (Wildman–Crippen MR) is 46.1 cm³/mol. The summed E-state index contributed by atoms with van der Waals surface area (Å²) < 4.78 is 0. The van der Waals surface area contributed by atoms with Gasteiger partial charge in [0.15, 0.2) is 0 Å². The molecule has 2 nitrogen and oxygen atoms in total. The largest absolute Gasteiger partial charge is 0.508 e. The molecule has 0 aliphatic rings. The third kappa shape index (κ3) is 1.55. The van der Waals surface area contributed by atoms with Crippen molar-refractivity contribution in [2.75, 3.05) is 0 Å². The van der Waals surface area contributed by atoms with E-state index in [2.05, 4.69) is 0 Å². The van der Waals surface area contributed by atoms with Crippen molar-refractivity contribution < 1.29 is 5.11 Å². The van der Waals surface area contributed by atoms with Crippen LogP contribution in [0.1, 0.15) is 11.1 Å². The zero-order chi connectivity index (χ0) is 8.43. The maximum Gasteiger partial charge on any atom is 0.118 e. The van der Waals surface area contributed by atoms with Crippen molar-refractivity contribution >= 4 is 13.3 Å². The predicted octanol–water partition coefficient (Wildman–Crippen LogP) is -0.0469. The van der Waals surface area contributed by atoms with E-state index in [0.717, 1.165) is 11.1 Å². The Bertz CT molecular complexity index is 273. The Balaban J connectivity index is 3.24. The van der Waals surface area contributed by atoms with Crippen LogP contribution in [0.25, 0.3) is 0 Å². The highest BCUT2D eigenvalue weighted by atomic mass is 16.3. The van der Waals surface area contributed by atoms with Gasteiger partial charge in [0.2, 0.25) is 0 Å². The topological polar surface area (TPSA) is 46.2 Å². The second-order valence-corrected chi connectivity index (χ2v) is 2.53. The van der Waals surface area contributed by atoms with E-state index in [4.69, 9.17) is 13.6 Å². The molecule has 0 atom stereocenters. The fourth-order valence-electron chi connectivity index (χ4n) is 0.994. The second-order valence-electron chi connectivity index (χ2n) is 2.53. The summed E-state index contributed by atoms with van der Waals surface area (Å²) >= 11 is 0. The molecule has 0 heterocycles. The molecule has 0 aromatic heterocycles. The van der Waals surface area contributed by atoms with Crippen LogP contribution in [0.5, 0.6) is 5.75 Å². The smallest absolute Gasteiger partial charge is 0.118 e. The molecule has 3 heteroatoms. The number of aromatic hydroxyl groups is 1. The number of hydrogen-bond acceptors (Lipinski definition) is 2. The van der Waals surface area contributed by atoms with Gasteiger partial charge < -0.3 is 10.8 Å². The molecule has 11 heavy (non-hydrogen) atoms. The van der Waals surface area contributed by atoms with Crippen LogP contribution in [-0.2, 0) is 6.54 Å². The summed E-state index contributed by atoms with van der Waals surface area (Å²) in [4.78, 5) is 0. The molecular weight excluding hydrogens is 137 g/mol. The molecule has 2 radical (unpaired) electrons. The monoisotopic (exact) mass is 147 g/mol. The quantitative estimate of drug-likeness (QED) is 0.547. The Labute approximate surface area is 67.4 Å². The molecule has 0 fully saturated rings. The van der Waals surface area contributed by atoms with Gasteiger partial charge in [0.25, 0.3) is 0 Å². The highest BCUT2D eigenvalue weighted by molar-refractivity contribution is 6.32. The first-order valence-corrected chi connectivity index (χ1v) is 3.43. The molecule has 0 aliphatic heterocycles. The van der Waals surface area contributed by atoms with Gasteiger partial charge in [-0.05, 0) is 24.1 Å². The summed E-state index contributed by atoms with van der Waals surface area (Å²) in [6.07, 6.45) is 0. The van der Waals surface area contributed by atoms with E-state index in [0.29, 0.717) is 12.0 Å². The van der Waals surface area contributed by atoms with Gasteiger partial charge >= 0.3 is 0 Å². The molecule has 1 aromatic carbocycles. The minimum atomic E-state index is 0.213. The third-order valence-electron chi connectivity index (χ3n) is 1.73. The number of hydrogen-bond donors (Lipinski definition) is 2. The molecule has 0 bridgehead atoms. The first kappa shape index (κ1) is 8.14. The highest BCUT2D eigenvalue weighted by Crippen LogP contribution is 2.17. The van der Waals surface area contributed by atoms with Crippen LogP contribution < -0.4 is 11.2 Å². The Morgan fingerprint density at radius 1 is 1.55 bits per heavy atom. The Morgan fingerprint density at radius 2 is 2.18 bits per heavy atom. The number of phenolic OH excluding ortho intramolecular Hbond substituents is 1. The van der Waals surface area contributed by atoms with Gasteiger partial charge in [0.05, 0.1) is 0 Å². The molecular formula is C8H10BNO. The Hall–Kier alpha value is -0.955. The van der Waals surface area contributed by atoms with Gasteiger partial charge in [-0.1, -0.05) is 11.5 Å². The van der Waals surface area contributed by atoms with E-state index in [1.54, 1.807) is 6.07 Å². The highest BCUT2D eigenvalue weighted by Gasteiger charge is 2.01. The van der Waals surface area contributed by atoms with Crippen LogP contribution in [0.2, 0.25) is 0 Å². The van der Waals surface area contributed by atoms with E-state index in [1.165, 1.54) is 6.07 Å². The SMILES string of the molecule is [B]c1cc(O)c(C)c(CN)c1. The maximum absolute atomic E-state index is 9.28. The van der Waals surface area contributed by atoms with E-state index < -0.39 is 0 Å². The molecule has 0 saturated heterocycles. The normalized spacial score (nSPS) is 10.0. The molecule has 0 amide bonds. The molecule has 0 unspecified atom stereocenters. The summed E-state index contributed by atoms with van der Waals surface area (Å²) in [5.74, 6) is 0.213. The van der Waals surface area contributed by atoms with Crippen molar-refractivity contribution in [3.05, 3.63) is 23.3 Å². The van der Waals surface area contributed by atoms with Crippen LogP contribution >= 0.6 is 0 Å². The zero-order valence-electron chi connectivity index (χ0n) is 6.46. The lowest BCUT2D eigenvalue weighted by molar-refractivity contribution is 0.470. The number of rotatable bonds is 1. The maximum atomic E-state index is 9.28. The van der Waals surface area contributed by atoms with Crippen LogP contribution in [-0.4, -0.2) is 13.0 Å². The third-order valence-corrected chi connectivity index (χ3v) is 1.73. The van der Waals surface area contributed by atoms with Crippen LogP contribution in [0, 0.1) is 6.92 Å². The minimum absolute atomic E-state index is 0.213. The van der Waals surface area contributed by atoms with Crippen molar-refractivity contribution in [3.63, 3.8) is 0 Å². The number of benzene rings is 1. The van der Waals surface area contributed by atoms with Crippen LogP contribution in [0.4, 0.5) is 0 Å². The molecule has 1 aromatic rings. The second kappa shape index (κ2) is 2.97. The zero-order valence-corrected chi connectivity index (χ0v) is 6.46. The Morgan fingerprint density at radius 3 is 2.73 bits per heavy atom. The minimum Gasteiger partial charge on any atom is -0.508 e. The average Bonchev–Trinajstić information content (AvgIpc) is 1.96. The van der Waals surface area contributed by atoms with Crippen molar-refractivity contribution in [1.82, 2.24) is 0 Å². The van der Waals surface area contributed by atoms with Crippen molar-refractivity contribution in [1.29, 1.82) is 0 Å². The van der Waals surface area contributed by atoms with Gasteiger partial charge in [0, 0.05) is 6.54 Å². The fourth-order valence-corrected chi connectivity index (χ4v) is 0.994. The van der Waals surface area contributed by atoms with Gasteiger partial charge in [-0.2, -0.15) is 0 Å². The average molecular weight is 147 g/mol. The first-order chi connectivity index (χ1) is 5.15. The molecule has 0 aliphatic carbocycles. The van der Waals surface area contributed by atoms with E-state index >= 15 is 0 Å². The molecule has 3 N–H and O–H groups in total. The van der Waals surface area contributed by atoms with Crippen molar-refractivity contribution in [2.24, 2.45) is 5.73 Å². The van der Waals surface area contributed by atoms with Crippen molar-refractivity contribution in [2.45, 2.75) is 13.5 Å². The van der Waals surface area contributed by atoms with Crippen molar-refractivity contribution in [3.8, 4) is 5.75 Å². The summed E-state index contributed by atoms with van der Waals surface area (Å²) in [5.41, 5.74) is 7.67. The first-order valence-electron chi connectivity index (χ1n) is 3.43. The standard InChI is InChI=1S/C8H10BNO/c1-5-6(4-10)2-7(9)3-8(5)11/h2-3,11H,4,10H2,1H3. The van der Waals surface area contributed by atoms with E-state index in [-0.39, 0.29) is 5.75 Å². The molecule has 1 rings (SSSR count). The Kier molecular flexibility index (Phi) is 2.20. The van der Waals surface area contributed by atoms with Gasteiger partial charge in [-0.25, -0.2) is 0 Å². The van der Waals surface area contributed by atoms with E-state index in [9.17, 15) is 5.11 Å². The lowest BCUT2D eigenvalue weighted by Crippen LogP contribution is -2.08. The summed E-state index contributed by atoms with van der Waals surface area (Å²) in [7, 11) is 5.49. The summed E-state index contributed by atoms with van der Waals surface area (Å²) in [6, 6.07) is 3.30.